The standard InChI is InChI=1S/C23H27N7O2S/c1-12-8-18(28-30-11-15(4)25-21(12)30)26-22(31)16-6-7-17(20-19(16)27-23(32-5)33-20)29-9-13(2)24-14(3)10-29/h6-8,11,13-14,24H,9-10H2,1-5H3,(H,26,28,31)/t13-,14-/m0/s1. The predicted molar refractivity (Wildman–Crippen MR) is 131 cm³/mol. The summed E-state index contributed by atoms with van der Waals surface area (Å²) in [5, 5.41) is 11.5. The monoisotopic (exact) mass is 465 g/mol. The Bertz CT molecular complexity index is 1350. The molecule has 2 atom stereocenters. The molecule has 1 aliphatic rings. The first-order chi connectivity index (χ1) is 15.8. The Labute approximate surface area is 195 Å². The van der Waals surface area contributed by atoms with Crippen LogP contribution in [0.4, 0.5) is 11.5 Å². The van der Waals surface area contributed by atoms with Crippen LogP contribution < -0.4 is 20.3 Å². The van der Waals surface area contributed by atoms with Crippen molar-refractivity contribution in [3.8, 4) is 5.19 Å². The number of imidazole rings is 1. The number of aromatic nitrogens is 4. The van der Waals surface area contributed by atoms with Crippen molar-refractivity contribution in [3.05, 3.63) is 41.2 Å². The van der Waals surface area contributed by atoms with Gasteiger partial charge in [0.15, 0.2) is 11.5 Å². The number of carbonyl (C=O) groups is 1. The van der Waals surface area contributed by atoms with Crippen LogP contribution in [0.1, 0.15) is 35.5 Å². The van der Waals surface area contributed by atoms with E-state index < -0.39 is 0 Å². The van der Waals surface area contributed by atoms with Gasteiger partial charge in [0.1, 0.15) is 5.52 Å². The molecule has 0 bridgehead atoms. The zero-order valence-corrected chi connectivity index (χ0v) is 20.2. The lowest BCUT2D eigenvalue weighted by Crippen LogP contribution is -2.54. The zero-order valence-electron chi connectivity index (χ0n) is 19.3. The van der Waals surface area contributed by atoms with Crippen LogP contribution in [0.2, 0.25) is 0 Å². The maximum Gasteiger partial charge on any atom is 0.274 e. The van der Waals surface area contributed by atoms with Crippen LogP contribution in [0, 0.1) is 13.8 Å². The molecule has 33 heavy (non-hydrogen) atoms. The van der Waals surface area contributed by atoms with Gasteiger partial charge in [0, 0.05) is 25.2 Å². The number of amides is 1. The molecule has 172 valence electrons. The van der Waals surface area contributed by atoms with Gasteiger partial charge in [0.25, 0.3) is 11.1 Å². The van der Waals surface area contributed by atoms with E-state index >= 15 is 0 Å². The fourth-order valence-electron chi connectivity index (χ4n) is 4.51. The Hall–Kier alpha value is -3.24. The lowest BCUT2D eigenvalue weighted by Gasteiger charge is -2.37. The summed E-state index contributed by atoms with van der Waals surface area (Å²) in [7, 11) is 1.60. The number of piperazine rings is 1. The van der Waals surface area contributed by atoms with Gasteiger partial charge in [-0.15, -0.1) is 5.10 Å². The van der Waals surface area contributed by atoms with Gasteiger partial charge in [-0.1, -0.05) is 11.3 Å². The van der Waals surface area contributed by atoms with Crippen LogP contribution in [0.3, 0.4) is 0 Å². The molecule has 4 heterocycles. The van der Waals surface area contributed by atoms with Gasteiger partial charge in [0.2, 0.25) is 0 Å². The Morgan fingerprint density at radius 2 is 1.97 bits per heavy atom. The Morgan fingerprint density at radius 1 is 1.21 bits per heavy atom. The van der Waals surface area contributed by atoms with Crippen molar-refractivity contribution in [3.63, 3.8) is 0 Å². The average Bonchev–Trinajstić information content (AvgIpc) is 3.35. The summed E-state index contributed by atoms with van der Waals surface area (Å²) in [6.45, 7) is 10.0. The van der Waals surface area contributed by atoms with Crippen LogP contribution in [-0.4, -0.2) is 57.8 Å². The molecule has 1 amide bonds. The molecule has 0 spiro atoms. The number of nitrogens with zero attached hydrogens (tertiary/aromatic N) is 5. The molecule has 5 rings (SSSR count). The lowest BCUT2D eigenvalue weighted by atomic mass is 10.1. The van der Waals surface area contributed by atoms with Crippen molar-refractivity contribution >= 4 is 44.6 Å². The third kappa shape index (κ3) is 4.00. The zero-order chi connectivity index (χ0) is 23.3. The normalized spacial score (nSPS) is 18.8. The fourth-order valence-corrected chi connectivity index (χ4v) is 5.46. The molecule has 0 saturated carbocycles. The van der Waals surface area contributed by atoms with Crippen LogP contribution in [0.25, 0.3) is 15.9 Å². The minimum absolute atomic E-state index is 0.260. The number of methoxy groups -OCH3 is 1. The van der Waals surface area contributed by atoms with Gasteiger partial charge in [-0.05, 0) is 51.5 Å². The summed E-state index contributed by atoms with van der Waals surface area (Å²) in [6, 6.07) is 6.43. The molecule has 10 heteroatoms. The van der Waals surface area contributed by atoms with Crippen LogP contribution >= 0.6 is 11.3 Å². The van der Waals surface area contributed by atoms with E-state index in [1.165, 1.54) is 11.3 Å². The van der Waals surface area contributed by atoms with Crippen molar-refractivity contribution in [2.75, 3.05) is 30.4 Å². The molecule has 3 aromatic heterocycles. The van der Waals surface area contributed by atoms with E-state index in [4.69, 9.17) is 4.74 Å². The summed E-state index contributed by atoms with van der Waals surface area (Å²) in [5.41, 5.74) is 4.80. The summed E-state index contributed by atoms with van der Waals surface area (Å²) in [6.07, 6.45) is 1.84. The van der Waals surface area contributed by atoms with Gasteiger partial charge in [0.05, 0.1) is 35.0 Å². The second-order valence-electron chi connectivity index (χ2n) is 8.68. The third-order valence-electron chi connectivity index (χ3n) is 5.79. The average molecular weight is 466 g/mol. The van der Waals surface area contributed by atoms with Crippen LogP contribution in [0.15, 0.2) is 24.4 Å². The van der Waals surface area contributed by atoms with Gasteiger partial charge < -0.3 is 20.3 Å². The SMILES string of the molecule is COc1nc2c(C(=O)Nc3cc(C)c4nc(C)cn4n3)ccc(N3C[C@H](C)N[C@@H](C)C3)c2s1. The maximum absolute atomic E-state index is 13.3. The summed E-state index contributed by atoms with van der Waals surface area (Å²) < 4.78 is 8.07. The highest BCUT2D eigenvalue weighted by molar-refractivity contribution is 7.21. The molecular formula is C23H27N7O2S. The first kappa shape index (κ1) is 21.6. The number of nitrogens with one attached hydrogen (secondary N) is 2. The molecule has 0 radical (unpaired) electrons. The minimum Gasteiger partial charge on any atom is -0.473 e. The summed E-state index contributed by atoms with van der Waals surface area (Å²) in [4.78, 5) is 24.7. The maximum atomic E-state index is 13.3. The van der Waals surface area contributed by atoms with E-state index in [1.54, 1.807) is 11.6 Å². The fraction of sp³-hybridized carbons (Fsp3) is 0.391. The third-order valence-corrected chi connectivity index (χ3v) is 6.83. The highest BCUT2D eigenvalue weighted by Gasteiger charge is 2.26. The number of fused-ring (bicyclic) bond motifs is 2. The molecule has 0 aliphatic carbocycles. The van der Waals surface area contributed by atoms with Gasteiger partial charge in [-0.2, -0.15) is 0 Å². The first-order valence-electron chi connectivity index (χ1n) is 11.0. The number of thiazole rings is 1. The van der Waals surface area contributed by atoms with E-state index in [0.29, 0.717) is 34.2 Å². The predicted octanol–water partition coefficient (Wildman–Crippen LogP) is 3.40. The van der Waals surface area contributed by atoms with Crippen molar-refractivity contribution in [2.24, 2.45) is 0 Å². The minimum atomic E-state index is -0.260. The van der Waals surface area contributed by atoms with Gasteiger partial charge in [-0.3, -0.25) is 4.79 Å². The van der Waals surface area contributed by atoms with Crippen LogP contribution in [-0.2, 0) is 0 Å². The number of ether oxygens (including phenoxy) is 1. The lowest BCUT2D eigenvalue weighted by molar-refractivity contribution is 0.102. The number of benzene rings is 1. The molecule has 1 fully saturated rings. The van der Waals surface area contributed by atoms with Crippen LogP contribution in [0.5, 0.6) is 5.19 Å². The first-order valence-corrected chi connectivity index (χ1v) is 11.8. The molecular weight excluding hydrogens is 438 g/mol. The Kier molecular flexibility index (Phi) is 5.41. The summed E-state index contributed by atoms with van der Waals surface area (Å²) >= 11 is 1.46. The molecule has 0 unspecified atom stereocenters. The number of aryl methyl sites for hydroxylation is 2. The van der Waals surface area contributed by atoms with Gasteiger partial charge in [-0.25, -0.2) is 14.5 Å². The van der Waals surface area contributed by atoms with E-state index in [-0.39, 0.29) is 5.91 Å². The number of rotatable bonds is 4. The highest BCUT2D eigenvalue weighted by Crippen LogP contribution is 2.38. The Morgan fingerprint density at radius 3 is 2.70 bits per heavy atom. The molecule has 4 aromatic rings. The number of hydrogen-bond donors (Lipinski definition) is 2. The van der Waals surface area contributed by atoms with Gasteiger partial charge >= 0.3 is 0 Å². The smallest absolute Gasteiger partial charge is 0.274 e. The largest absolute Gasteiger partial charge is 0.473 e. The highest BCUT2D eigenvalue weighted by atomic mass is 32.1. The topological polar surface area (TPSA) is 96.7 Å². The number of carbonyl (C=O) groups excluding carboxylic acids is 1. The molecule has 1 aromatic carbocycles. The van der Waals surface area contributed by atoms with Crippen molar-refractivity contribution in [2.45, 2.75) is 39.8 Å². The quantitative estimate of drug-likeness (QED) is 0.477. The molecule has 1 saturated heterocycles. The second kappa shape index (κ2) is 8.27. The van der Waals surface area contributed by atoms with Crippen molar-refractivity contribution in [1.29, 1.82) is 0 Å². The second-order valence-corrected chi connectivity index (χ2v) is 9.65. The summed E-state index contributed by atoms with van der Waals surface area (Å²) in [5.74, 6) is 0.205. The van der Waals surface area contributed by atoms with Crippen molar-refractivity contribution < 1.29 is 9.53 Å². The molecule has 2 N–H and O–H groups in total. The molecule has 1 aliphatic heterocycles. The van der Waals surface area contributed by atoms with E-state index in [1.807, 2.05) is 38.2 Å². The van der Waals surface area contributed by atoms with Crippen molar-refractivity contribution in [1.82, 2.24) is 24.9 Å². The number of anilines is 2. The number of hydrogen-bond acceptors (Lipinski definition) is 8. The van der Waals surface area contributed by atoms with E-state index in [2.05, 4.69) is 44.4 Å². The molecule has 9 nitrogen and oxygen atoms in total. The van der Waals surface area contributed by atoms with E-state index in [9.17, 15) is 4.79 Å². The van der Waals surface area contributed by atoms with E-state index in [0.717, 1.165) is 40.4 Å². The Balaban J connectivity index is 1.52.